The zero-order chi connectivity index (χ0) is 15.7. The van der Waals surface area contributed by atoms with E-state index in [9.17, 15) is 4.79 Å². The molecule has 5 nitrogen and oxygen atoms in total. The molecular weight excluding hydrogens is 304 g/mol. The van der Waals surface area contributed by atoms with Crippen molar-refractivity contribution >= 4 is 17.6 Å². The molecule has 0 fully saturated rings. The van der Waals surface area contributed by atoms with Gasteiger partial charge in [-0.3, -0.25) is 0 Å². The predicted octanol–water partition coefficient (Wildman–Crippen LogP) is 4.06. The number of hydrogen-bond acceptors (Lipinski definition) is 4. The second-order valence-corrected chi connectivity index (χ2v) is 5.19. The van der Waals surface area contributed by atoms with Gasteiger partial charge in [-0.2, -0.15) is 0 Å². The first-order valence-electron chi connectivity index (χ1n) is 6.48. The summed E-state index contributed by atoms with van der Waals surface area (Å²) < 4.78 is 5.62. The lowest BCUT2D eigenvalue weighted by Gasteiger charge is -2.00. The summed E-state index contributed by atoms with van der Waals surface area (Å²) in [7, 11) is 0. The Hall–Kier alpha value is -2.66. The molecule has 1 N–H and O–H groups in total. The van der Waals surface area contributed by atoms with E-state index in [1.807, 2.05) is 25.1 Å². The summed E-state index contributed by atoms with van der Waals surface area (Å²) in [5.41, 5.74) is 2.54. The zero-order valence-corrected chi connectivity index (χ0v) is 12.3. The van der Waals surface area contributed by atoms with Crippen molar-refractivity contribution in [1.82, 2.24) is 10.2 Å². The van der Waals surface area contributed by atoms with Crippen LogP contribution in [0, 0.1) is 6.92 Å². The number of aromatic nitrogens is 2. The van der Waals surface area contributed by atoms with Gasteiger partial charge in [0, 0.05) is 5.56 Å². The predicted molar refractivity (Wildman–Crippen MR) is 81.9 cm³/mol. The summed E-state index contributed by atoms with van der Waals surface area (Å²) in [5.74, 6) is -0.352. The third kappa shape index (κ3) is 2.71. The molecule has 0 aliphatic heterocycles. The van der Waals surface area contributed by atoms with E-state index < -0.39 is 5.97 Å². The van der Waals surface area contributed by atoms with Crippen LogP contribution in [0.4, 0.5) is 0 Å². The summed E-state index contributed by atoms with van der Waals surface area (Å²) in [6.45, 7) is 1.94. The van der Waals surface area contributed by atoms with Crippen LogP contribution < -0.4 is 0 Å². The molecule has 3 rings (SSSR count). The SMILES string of the molecule is Cc1ccc(-c2nnc(-c3ccc(C(=O)O)cc3)o2)c(Cl)c1. The molecular formula is C16H11ClN2O3. The number of rotatable bonds is 3. The minimum Gasteiger partial charge on any atom is -0.478 e. The summed E-state index contributed by atoms with van der Waals surface area (Å²) >= 11 is 6.18. The average Bonchev–Trinajstić information content (AvgIpc) is 2.97. The Labute approximate surface area is 131 Å². The fraction of sp³-hybridized carbons (Fsp3) is 0.0625. The average molecular weight is 315 g/mol. The van der Waals surface area contributed by atoms with Gasteiger partial charge in [-0.15, -0.1) is 10.2 Å². The Morgan fingerprint density at radius 1 is 1.09 bits per heavy atom. The minimum atomic E-state index is -0.982. The van der Waals surface area contributed by atoms with Crippen LogP contribution in [-0.4, -0.2) is 21.3 Å². The highest BCUT2D eigenvalue weighted by molar-refractivity contribution is 6.33. The largest absolute Gasteiger partial charge is 0.478 e. The first-order chi connectivity index (χ1) is 10.5. The van der Waals surface area contributed by atoms with E-state index in [0.717, 1.165) is 5.56 Å². The Morgan fingerprint density at radius 2 is 1.77 bits per heavy atom. The Bertz CT molecular complexity index is 841. The van der Waals surface area contributed by atoms with Crippen LogP contribution in [0.5, 0.6) is 0 Å². The maximum absolute atomic E-state index is 10.8. The second-order valence-electron chi connectivity index (χ2n) is 4.78. The third-order valence-corrected chi connectivity index (χ3v) is 3.47. The number of carbonyl (C=O) groups is 1. The Morgan fingerprint density at radius 3 is 2.41 bits per heavy atom. The van der Waals surface area contributed by atoms with Crippen LogP contribution in [0.15, 0.2) is 46.9 Å². The number of halogens is 1. The molecule has 0 saturated heterocycles. The first kappa shape index (κ1) is 14.3. The molecule has 1 heterocycles. The molecule has 0 saturated carbocycles. The highest BCUT2D eigenvalue weighted by Gasteiger charge is 2.13. The van der Waals surface area contributed by atoms with Gasteiger partial charge in [0.1, 0.15) is 0 Å². The maximum Gasteiger partial charge on any atom is 0.335 e. The number of aryl methyl sites for hydroxylation is 1. The number of carboxylic acids is 1. The van der Waals surface area contributed by atoms with Gasteiger partial charge in [0.15, 0.2) is 0 Å². The monoisotopic (exact) mass is 314 g/mol. The second kappa shape index (κ2) is 5.61. The van der Waals surface area contributed by atoms with Gasteiger partial charge in [0.2, 0.25) is 11.8 Å². The molecule has 0 aliphatic carbocycles. The van der Waals surface area contributed by atoms with E-state index in [2.05, 4.69) is 10.2 Å². The quantitative estimate of drug-likeness (QED) is 0.788. The van der Waals surface area contributed by atoms with E-state index in [4.69, 9.17) is 21.1 Å². The number of hydrogen-bond donors (Lipinski definition) is 1. The van der Waals surface area contributed by atoms with E-state index in [-0.39, 0.29) is 5.56 Å². The van der Waals surface area contributed by atoms with Crippen LogP contribution in [0.25, 0.3) is 22.9 Å². The van der Waals surface area contributed by atoms with Crippen molar-refractivity contribution in [2.45, 2.75) is 6.92 Å². The van der Waals surface area contributed by atoms with Crippen molar-refractivity contribution < 1.29 is 14.3 Å². The fourth-order valence-electron chi connectivity index (χ4n) is 2.00. The summed E-state index contributed by atoms with van der Waals surface area (Å²) in [6.07, 6.45) is 0. The molecule has 0 spiro atoms. The number of carboxylic acid groups (broad SMARTS) is 1. The van der Waals surface area contributed by atoms with Crippen LogP contribution in [-0.2, 0) is 0 Å². The molecule has 22 heavy (non-hydrogen) atoms. The Kier molecular flexibility index (Phi) is 3.65. The van der Waals surface area contributed by atoms with Crippen LogP contribution in [0.2, 0.25) is 5.02 Å². The van der Waals surface area contributed by atoms with E-state index in [0.29, 0.717) is 27.9 Å². The normalized spacial score (nSPS) is 10.6. The first-order valence-corrected chi connectivity index (χ1v) is 6.86. The van der Waals surface area contributed by atoms with E-state index >= 15 is 0 Å². The van der Waals surface area contributed by atoms with Crippen molar-refractivity contribution in [2.24, 2.45) is 0 Å². The highest BCUT2D eigenvalue weighted by Crippen LogP contribution is 2.30. The van der Waals surface area contributed by atoms with Gasteiger partial charge in [-0.25, -0.2) is 4.79 Å². The molecule has 0 atom stereocenters. The topological polar surface area (TPSA) is 76.2 Å². The molecule has 2 aromatic carbocycles. The lowest BCUT2D eigenvalue weighted by Crippen LogP contribution is -1.94. The number of benzene rings is 2. The van der Waals surface area contributed by atoms with Gasteiger partial charge in [0.25, 0.3) is 0 Å². The summed E-state index contributed by atoms with van der Waals surface area (Å²) in [5, 5.41) is 17.4. The summed E-state index contributed by atoms with van der Waals surface area (Å²) in [4.78, 5) is 10.8. The smallest absolute Gasteiger partial charge is 0.335 e. The van der Waals surface area contributed by atoms with Gasteiger partial charge < -0.3 is 9.52 Å². The highest BCUT2D eigenvalue weighted by atomic mass is 35.5. The fourth-order valence-corrected chi connectivity index (χ4v) is 2.31. The van der Waals surface area contributed by atoms with Crippen LogP contribution >= 0.6 is 11.6 Å². The Balaban J connectivity index is 1.95. The molecule has 0 radical (unpaired) electrons. The minimum absolute atomic E-state index is 0.199. The molecule has 1 aromatic heterocycles. The maximum atomic E-state index is 10.8. The molecule has 0 aliphatic rings. The number of nitrogens with zero attached hydrogens (tertiary/aromatic N) is 2. The van der Waals surface area contributed by atoms with Gasteiger partial charge in [-0.1, -0.05) is 17.7 Å². The van der Waals surface area contributed by atoms with E-state index in [1.165, 1.54) is 12.1 Å². The number of aromatic carboxylic acids is 1. The standard InChI is InChI=1S/C16H11ClN2O3/c1-9-2-7-12(13(17)8-9)15-19-18-14(22-15)10-3-5-11(6-4-10)16(20)21/h2-8H,1H3,(H,20,21). The van der Waals surface area contributed by atoms with Crippen molar-refractivity contribution in [3.8, 4) is 22.9 Å². The van der Waals surface area contributed by atoms with Crippen molar-refractivity contribution in [1.29, 1.82) is 0 Å². The van der Waals surface area contributed by atoms with Crippen LogP contribution in [0.1, 0.15) is 15.9 Å². The lowest BCUT2D eigenvalue weighted by atomic mass is 10.1. The lowest BCUT2D eigenvalue weighted by molar-refractivity contribution is 0.0697. The molecule has 110 valence electrons. The molecule has 3 aromatic rings. The van der Waals surface area contributed by atoms with Gasteiger partial charge in [0.05, 0.1) is 16.1 Å². The molecule has 0 amide bonds. The van der Waals surface area contributed by atoms with E-state index in [1.54, 1.807) is 12.1 Å². The van der Waals surface area contributed by atoms with Crippen molar-refractivity contribution in [3.63, 3.8) is 0 Å². The molecule has 6 heteroatoms. The molecule has 0 unspecified atom stereocenters. The van der Waals surface area contributed by atoms with Crippen molar-refractivity contribution in [2.75, 3.05) is 0 Å². The third-order valence-electron chi connectivity index (χ3n) is 3.16. The molecule has 0 bridgehead atoms. The summed E-state index contributed by atoms with van der Waals surface area (Å²) in [6, 6.07) is 11.8. The van der Waals surface area contributed by atoms with Gasteiger partial charge >= 0.3 is 5.97 Å². The van der Waals surface area contributed by atoms with Crippen LogP contribution in [0.3, 0.4) is 0 Å². The zero-order valence-electron chi connectivity index (χ0n) is 11.6. The van der Waals surface area contributed by atoms with Gasteiger partial charge in [-0.05, 0) is 48.9 Å². The van der Waals surface area contributed by atoms with Crippen molar-refractivity contribution in [3.05, 3.63) is 58.6 Å².